The van der Waals surface area contributed by atoms with Crippen molar-refractivity contribution in [3.8, 4) is 0 Å². The molecule has 1 unspecified atom stereocenters. The van der Waals surface area contributed by atoms with Gasteiger partial charge in [0.25, 0.3) is 0 Å². The fourth-order valence-corrected chi connectivity index (χ4v) is 3.65. The first-order valence-electron chi connectivity index (χ1n) is 6.28. The van der Waals surface area contributed by atoms with E-state index in [0.29, 0.717) is 6.10 Å². The molecule has 0 saturated carbocycles. The summed E-state index contributed by atoms with van der Waals surface area (Å²) in [7, 11) is 0. The Balaban J connectivity index is 2.10. The Morgan fingerprint density at radius 1 is 1.56 bits per heavy atom. The first kappa shape index (κ1) is 12.1. The molecule has 0 fully saturated rings. The molecule has 1 aromatic heterocycles. The topological polar surface area (TPSA) is 35.2 Å². The Morgan fingerprint density at radius 2 is 2.44 bits per heavy atom. The van der Waals surface area contributed by atoms with Crippen LogP contribution in [0.1, 0.15) is 47.6 Å². The molecule has 1 atom stereocenters. The molecule has 2 nitrogen and oxygen atoms in total. The number of nitrogens with two attached hydrogens (primary N) is 1. The van der Waals surface area contributed by atoms with E-state index in [1.165, 1.54) is 29.7 Å². The zero-order valence-electron chi connectivity index (χ0n) is 10.00. The molecule has 0 aromatic carbocycles. The fraction of sp³-hybridized carbons (Fsp3) is 0.692. The van der Waals surface area contributed by atoms with Crippen molar-refractivity contribution in [3.63, 3.8) is 0 Å². The molecular weight excluding hydrogens is 218 g/mol. The first-order chi connectivity index (χ1) is 7.85. The van der Waals surface area contributed by atoms with Crippen LogP contribution in [0.15, 0.2) is 6.07 Å². The van der Waals surface area contributed by atoms with Crippen LogP contribution in [0.25, 0.3) is 0 Å². The Morgan fingerprint density at radius 3 is 3.19 bits per heavy atom. The molecule has 1 aliphatic carbocycles. The van der Waals surface area contributed by atoms with Crippen LogP contribution in [0.4, 0.5) is 0 Å². The number of hydrogen-bond acceptors (Lipinski definition) is 3. The van der Waals surface area contributed by atoms with Crippen molar-refractivity contribution in [3.05, 3.63) is 21.4 Å². The molecule has 1 aliphatic rings. The molecule has 1 aromatic rings. The van der Waals surface area contributed by atoms with Crippen LogP contribution in [0, 0.1) is 0 Å². The van der Waals surface area contributed by atoms with Gasteiger partial charge in [0.1, 0.15) is 0 Å². The van der Waals surface area contributed by atoms with Crippen LogP contribution >= 0.6 is 11.3 Å². The number of ether oxygens (including phenoxy) is 1. The predicted molar refractivity (Wildman–Crippen MR) is 69.0 cm³/mol. The van der Waals surface area contributed by atoms with Crippen LogP contribution in [-0.4, -0.2) is 13.2 Å². The van der Waals surface area contributed by atoms with Crippen LogP contribution in [0.2, 0.25) is 0 Å². The summed E-state index contributed by atoms with van der Waals surface area (Å²) in [5.74, 6) is 0. The SMILES string of the molecule is CCOC1CCCc2sc(CCCN)cc21. The van der Waals surface area contributed by atoms with E-state index in [-0.39, 0.29) is 0 Å². The molecule has 0 saturated heterocycles. The lowest BCUT2D eigenvalue weighted by atomic mass is 9.96. The number of rotatable bonds is 5. The van der Waals surface area contributed by atoms with Crippen LogP contribution in [0.5, 0.6) is 0 Å². The Hall–Kier alpha value is -0.380. The largest absolute Gasteiger partial charge is 0.374 e. The average molecular weight is 239 g/mol. The maximum absolute atomic E-state index is 5.81. The van der Waals surface area contributed by atoms with Gasteiger partial charge in [-0.2, -0.15) is 0 Å². The molecule has 0 spiro atoms. The van der Waals surface area contributed by atoms with E-state index in [1.807, 2.05) is 11.3 Å². The van der Waals surface area contributed by atoms with Gasteiger partial charge < -0.3 is 10.5 Å². The minimum Gasteiger partial charge on any atom is -0.374 e. The molecule has 3 heteroatoms. The van der Waals surface area contributed by atoms with Crippen LogP contribution in [0.3, 0.4) is 0 Å². The van der Waals surface area contributed by atoms with Gasteiger partial charge in [0.15, 0.2) is 0 Å². The van der Waals surface area contributed by atoms with E-state index >= 15 is 0 Å². The van der Waals surface area contributed by atoms with Gasteiger partial charge in [-0.25, -0.2) is 0 Å². The summed E-state index contributed by atoms with van der Waals surface area (Å²) < 4.78 is 5.81. The predicted octanol–water partition coefficient (Wildman–Crippen LogP) is 3.05. The maximum atomic E-state index is 5.81. The minimum atomic E-state index is 0.358. The van der Waals surface area contributed by atoms with Crippen molar-refractivity contribution in [2.45, 2.75) is 45.1 Å². The number of aryl methyl sites for hydroxylation is 2. The molecular formula is C13H21NOS. The smallest absolute Gasteiger partial charge is 0.0835 e. The third-order valence-electron chi connectivity index (χ3n) is 3.10. The molecule has 0 radical (unpaired) electrons. The summed E-state index contributed by atoms with van der Waals surface area (Å²) in [6.07, 6.45) is 6.29. The van der Waals surface area contributed by atoms with Crippen molar-refractivity contribution in [1.82, 2.24) is 0 Å². The van der Waals surface area contributed by atoms with E-state index in [1.54, 1.807) is 4.88 Å². The van der Waals surface area contributed by atoms with Crippen molar-refractivity contribution in [2.24, 2.45) is 5.73 Å². The van der Waals surface area contributed by atoms with Crippen LogP contribution in [-0.2, 0) is 17.6 Å². The number of thiophene rings is 1. The monoisotopic (exact) mass is 239 g/mol. The van der Waals surface area contributed by atoms with Crippen molar-refractivity contribution in [2.75, 3.05) is 13.2 Å². The Labute approximate surface area is 102 Å². The van der Waals surface area contributed by atoms with E-state index in [2.05, 4.69) is 13.0 Å². The molecule has 2 N–H and O–H groups in total. The molecule has 1 heterocycles. The second-order valence-corrected chi connectivity index (χ2v) is 5.54. The van der Waals surface area contributed by atoms with Gasteiger partial charge in [-0.15, -0.1) is 11.3 Å². The summed E-state index contributed by atoms with van der Waals surface area (Å²) in [6.45, 7) is 3.69. The highest BCUT2D eigenvalue weighted by Crippen LogP contribution is 2.38. The summed E-state index contributed by atoms with van der Waals surface area (Å²) in [4.78, 5) is 3.04. The molecule has 2 rings (SSSR count). The van der Waals surface area contributed by atoms with E-state index < -0.39 is 0 Å². The van der Waals surface area contributed by atoms with Gasteiger partial charge in [0.05, 0.1) is 6.10 Å². The molecule has 0 bridgehead atoms. The third kappa shape index (κ3) is 2.65. The molecule has 0 amide bonds. The molecule has 90 valence electrons. The number of fused-ring (bicyclic) bond motifs is 1. The minimum absolute atomic E-state index is 0.358. The Bertz CT molecular complexity index is 335. The lowest BCUT2D eigenvalue weighted by Gasteiger charge is -2.22. The third-order valence-corrected chi connectivity index (χ3v) is 4.38. The Kier molecular flexibility index (Phi) is 4.38. The first-order valence-corrected chi connectivity index (χ1v) is 7.10. The summed E-state index contributed by atoms with van der Waals surface area (Å²) >= 11 is 1.97. The molecule has 0 aliphatic heterocycles. The van der Waals surface area contributed by atoms with Crippen molar-refractivity contribution in [1.29, 1.82) is 0 Å². The van der Waals surface area contributed by atoms with Gasteiger partial charge in [0, 0.05) is 16.4 Å². The second-order valence-electron chi connectivity index (χ2n) is 4.32. The zero-order valence-corrected chi connectivity index (χ0v) is 10.8. The van der Waals surface area contributed by atoms with Crippen molar-refractivity contribution >= 4 is 11.3 Å². The van der Waals surface area contributed by atoms with Gasteiger partial charge in [-0.3, -0.25) is 0 Å². The normalized spacial score (nSPS) is 19.8. The highest BCUT2D eigenvalue weighted by Gasteiger charge is 2.22. The van der Waals surface area contributed by atoms with E-state index in [0.717, 1.165) is 26.0 Å². The number of hydrogen-bond donors (Lipinski definition) is 1. The van der Waals surface area contributed by atoms with Crippen molar-refractivity contribution < 1.29 is 4.74 Å². The summed E-state index contributed by atoms with van der Waals surface area (Å²) in [5, 5.41) is 0. The maximum Gasteiger partial charge on any atom is 0.0835 e. The second kappa shape index (κ2) is 5.80. The lowest BCUT2D eigenvalue weighted by molar-refractivity contribution is 0.0506. The average Bonchev–Trinajstić information content (AvgIpc) is 2.70. The van der Waals surface area contributed by atoms with Gasteiger partial charge in [-0.1, -0.05) is 0 Å². The fourth-order valence-electron chi connectivity index (χ4n) is 2.35. The van der Waals surface area contributed by atoms with Gasteiger partial charge >= 0.3 is 0 Å². The van der Waals surface area contributed by atoms with Gasteiger partial charge in [0.2, 0.25) is 0 Å². The van der Waals surface area contributed by atoms with E-state index in [9.17, 15) is 0 Å². The van der Waals surface area contributed by atoms with Gasteiger partial charge in [-0.05, 0) is 57.2 Å². The standard InChI is InChI=1S/C13H21NOS/c1-2-15-12-6-3-7-13-11(12)9-10(16-13)5-4-8-14/h9,12H,2-8,14H2,1H3. The zero-order chi connectivity index (χ0) is 11.4. The van der Waals surface area contributed by atoms with E-state index in [4.69, 9.17) is 10.5 Å². The highest BCUT2D eigenvalue weighted by atomic mass is 32.1. The summed E-state index contributed by atoms with van der Waals surface area (Å²) in [5.41, 5.74) is 7.02. The highest BCUT2D eigenvalue weighted by molar-refractivity contribution is 7.12. The van der Waals surface area contributed by atoms with Crippen LogP contribution < -0.4 is 5.73 Å². The quantitative estimate of drug-likeness (QED) is 0.857. The lowest BCUT2D eigenvalue weighted by Crippen LogP contribution is -2.10. The molecule has 16 heavy (non-hydrogen) atoms. The summed E-state index contributed by atoms with van der Waals surface area (Å²) in [6, 6.07) is 2.36.